The molecule has 0 atom stereocenters. The molecule has 96 valence electrons. The summed E-state index contributed by atoms with van der Waals surface area (Å²) in [6, 6.07) is 1.88. The second kappa shape index (κ2) is 5.30. The quantitative estimate of drug-likeness (QED) is 0.885. The molecule has 3 N–H and O–H groups in total. The second-order valence-electron chi connectivity index (χ2n) is 4.06. The topological polar surface area (TPSA) is 76.7 Å². The third-order valence-corrected chi connectivity index (χ3v) is 3.53. The number of rotatable bonds is 4. The first-order chi connectivity index (χ1) is 8.58. The van der Waals surface area contributed by atoms with Crippen molar-refractivity contribution in [3.05, 3.63) is 27.3 Å². The summed E-state index contributed by atoms with van der Waals surface area (Å²) < 4.78 is 0. The molecule has 6 heteroatoms. The van der Waals surface area contributed by atoms with E-state index in [1.807, 2.05) is 19.9 Å². The van der Waals surface area contributed by atoms with E-state index in [-0.39, 0.29) is 0 Å². The predicted octanol–water partition coefficient (Wildman–Crippen LogP) is 2.31. The average molecular weight is 263 g/mol. The standard InChI is InChI=1S/C12H17N5S/c1-4-9-10(18-8(3)16-9)6-14-11-5-7(2)15-12(13)17-11/h5H,4,6H2,1-3H3,(H3,13,14,15,17). The van der Waals surface area contributed by atoms with Crippen LogP contribution in [0.5, 0.6) is 0 Å². The van der Waals surface area contributed by atoms with Crippen molar-refractivity contribution in [2.75, 3.05) is 11.1 Å². The number of anilines is 2. The van der Waals surface area contributed by atoms with E-state index < -0.39 is 0 Å². The Hall–Kier alpha value is -1.69. The lowest BCUT2D eigenvalue weighted by Gasteiger charge is -2.06. The fraction of sp³-hybridized carbons (Fsp3) is 0.417. The molecule has 18 heavy (non-hydrogen) atoms. The van der Waals surface area contributed by atoms with Crippen molar-refractivity contribution in [3.8, 4) is 0 Å². The first kappa shape index (κ1) is 12.8. The molecule has 2 heterocycles. The fourth-order valence-corrected chi connectivity index (χ4v) is 2.74. The maximum absolute atomic E-state index is 5.62. The minimum atomic E-state index is 0.300. The van der Waals surface area contributed by atoms with Crippen LogP contribution in [0.4, 0.5) is 11.8 Å². The summed E-state index contributed by atoms with van der Waals surface area (Å²) in [5.41, 5.74) is 7.64. The van der Waals surface area contributed by atoms with Crippen molar-refractivity contribution in [2.24, 2.45) is 0 Å². The second-order valence-corrected chi connectivity index (χ2v) is 5.35. The van der Waals surface area contributed by atoms with E-state index in [0.717, 1.165) is 35.2 Å². The number of nitrogen functional groups attached to an aromatic ring is 1. The van der Waals surface area contributed by atoms with Crippen LogP contribution in [-0.2, 0) is 13.0 Å². The highest BCUT2D eigenvalue weighted by atomic mass is 32.1. The summed E-state index contributed by atoms with van der Waals surface area (Å²) >= 11 is 1.72. The van der Waals surface area contributed by atoms with Gasteiger partial charge in [0.2, 0.25) is 5.95 Å². The number of hydrogen-bond donors (Lipinski definition) is 2. The van der Waals surface area contributed by atoms with Gasteiger partial charge >= 0.3 is 0 Å². The molecular formula is C12H17N5S. The fourth-order valence-electron chi connectivity index (χ4n) is 1.78. The molecule has 0 aliphatic carbocycles. The molecule has 2 aromatic heterocycles. The molecule has 0 fully saturated rings. The Bertz CT molecular complexity index is 529. The van der Waals surface area contributed by atoms with Gasteiger partial charge in [0.05, 0.1) is 17.2 Å². The molecule has 0 spiro atoms. The third-order valence-electron chi connectivity index (χ3n) is 2.52. The van der Waals surface area contributed by atoms with Gasteiger partial charge in [-0.15, -0.1) is 11.3 Å². The van der Waals surface area contributed by atoms with Gasteiger partial charge in [0.25, 0.3) is 0 Å². The number of hydrogen-bond acceptors (Lipinski definition) is 6. The predicted molar refractivity (Wildman–Crippen MR) is 74.7 cm³/mol. The molecule has 0 saturated heterocycles. The number of aromatic nitrogens is 3. The number of nitrogens with one attached hydrogen (secondary N) is 1. The first-order valence-corrected chi connectivity index (χ1v) is 6.70. The van der Waals surface area contributed by atoms with Crippen LogP contribution in [0.2, 0.25) is 0 Å². The minimum Gasteiger partial charge on any atom is -0.368 e. The summed E-state index contributed by atoms with van der Waals surface area (Å²) in [7, 11) is 0. The van der Waals surface area contributed by atoms with Crippen LogP contribution in [0.25, 0.3) is 0 Å². The van der Waals surface area contributed by atoms with Crippen LogP contribution in [-0.4, -0.2) is 15.0 Å². The van der Waals surface area contributed by atoms with Gasteiger partial charge in [-0.2, -0.15) is 4.98 Å². The highest BCUT2D eigenvalue weighted by Crippen LogP contribution is 2.20. The number of nitrogens with two attached hydrogens (primary N) is 1. The highest BCUT2D eigenvalue weighted by Gasteiger charge is 2.07. The third kappa shape index (κ3) is 2.95. The van der Waals surface area contributed by atoms with Gasteiger partial charge in [-0.3, -0.25) is 0 Å². The van der Waals surface area contributed by atoms with Crippen molar-refractivity contribution in [3.63, 3.8) is 0 Å². The van der Waals surface area contributed by atoms with E-state index in [9.17, 15) is 0 Å². The minimum absolute atomic E-state index is 0.300. The van der Waals surface area contributed by atoms with Crippen molar-refractivity contribution >= 4 is 23.1 Å². The van der Waals surface area contributed by atoms with Gasteiger partial charge in [-0.25, -0.2) is 9.97 Å². The van der Waals surface area contributed by atoms with E-state index in [4.69, 9.17) is 5.73 Å². The van der Waals surface area contributed by atoms with E-state index >= 15 is 0 Å². The van der Waals surface area contributed by atoms with Gasteiger partial charge in [-0.1, -0.05) is 6.92 Å². The summed E-state index contributed by atoms with van der Waals surface area (Å²) in [5, 5.41) is 4.37. The normalized spacial score (nSPS) is 10.6. The summed E-state index contributed by atoms with van der Waals surface area (Å²) in [6.45, 7) is 6.77. The van der Waals surface area contributed by atoms with Crippen LogP contribution < -0.4 is 11.1 Å². The Morgan fingerprint density at radius 3 is 2.72 bits per heavy atom. The lowest BCUT2D eigenvalue weighted by Crippen LogP contribution is -2.05. The number of nitrogens with zero attached hydrogens (tertiary/aromatic N) is 3. The van der Waals surface area contributed by atoms with Gasteiger partial charge in [0.1, 0.15) is 5.82 Å². The Labute approximate surface area is 111 Å². The van der Waals surface area contributed by atoms with E-state index in [2.05, 4.69) is 27.2 Å². The molecule has 0 aromatic carbocycles. The number of thiazole rings is 1. The van der Waals surface area contributed by atoms with Crippen molar-refractivity contribution in [2.45, 2.75) is 33.7 Å². The zero-order valence-electron chi connectivity index (χ0n) is 10.8. The van der Waals surface area contributed by atoms with E-state index in [0.29, 0.717) is 5.95 Å². The van der Waals surface area contributed by atoms with Gasteiger partial charge in [0.15, 0.2) is 0 Å². The van der Waals surface area contributed by atoms with Crippen molar-refractivity contribution in [1.29, 1.82) is 0 Å². The lowest BCUT2D eigenvalue weighted by atomic mass is 10.3. The average Bonchev–Trinajstić information content (AvgIpc) is 2.66. The molecule has 0 saturated carbocycles. The molecule has 5 nitrogen and oxygen atoms in total. The van der Waals surface area contributed by atoms with Gasteiger partial charge < -0.3 is 11.1 Å². The SMILES string of the molecule is CCc1nc(C)sc1CNc1cc(C)nc(N)n1. The maximum atomic E-state index is 5.62. The van der Waals surface area contributed by atoms with Crippen LogP contribution >= 0.6 is 11.3 Å². The van der Waals surface area contributed by atoms with Crippen LogP contribution in [0.15, 0.2) is 6.07 Å². The molecule has 0 radical (unpaired) electrons. The van der Waals surface area contributed by atoms with Crippen LogP contribution in [0, 0.1) is 13.8 Å². The zero-order valence-corrected chi connectivity index (χ0v) is 11.6. The Kier molecular flexibility index (Phi) is 3.76. The molecule has 2 aromatic rings. The Morgan fingerprint density at radius 1 is 1.28 bits per heavy atom. The largest absolute Gasteiger partial charge is 0.368 e. The molecular weight excluding hydrogens is 246 g/mol. The van der Waals surface area contributed by atoms with E-state index in [1.54, 1.807) is 11.3 Å². The monoisotopic (exact) mass is 263 g/mol. The van der Waals surface area contributed by atoms with Crippen molar-refractivity contribution in [1.82, 2.24) is 15.0 Å². The van der Waals surface area contributed by atoms with Crippen LogP contribution in [0.1, 0.15) is 28.2 Å². The summed E-state index contributed by atoms with van der Waals surface area (Å²) in [6.07, 6.45) is 0.951. The first-order valence-electron chi connectivity index (χ1n) is 5.88. The lowest BCUT2D eigenvalue weighted by molar-refractivity contribution is 0.992. The van der Waals surface area contributed by atoms with Crippen molar-refractivity contribution < 1.29 is 0 Å². The molecule has 2 rings (SSSR count). The maximum Gasteiger partial charge on any atom is 0.222 e. The molecule has 0 unspecified atom stereocenters. The smallest absolute Gasteiger partial charge is 0.222 e. The van der Waals surface area contributed by atoms with Gasteiger partial charge in [-0.05, 0) is 20.3 Å². The molecule has 0 amide bonds. The van der Waals surface area contributed by atoms with E-state index in [1.165, 1.54) is 4.88 Å². The van der Waals surface area contributed by atoms with Crippen LogP contribution in [0.3, 0.4) is 0 Å². The molecule has 0 bridgehead atoms. The summed E-state index contributed by atoms with van der Waals surface area (Å²) in [5.74, 6) is 1.06. The zero-order chi connectivity index (χ0) is 13.1. The summed E-state index contributed by atoms with van der Waals surface area (Å²) in [4.78, 5) is 13.9. The molecule has 0 aliphatic heterocycles. The molecule has 0 aliphatic rings. The van der Waals surface area contributed by atoms with Gasteiger partial charge in [0, 0.05) is 16.6 Å². The Morgan fingerprint density at radius 2 is 2.06 bits per heavy atom. The Balaban J connectivity index is 2.11. The number of aryl methyl sites for hydroxylation is 3. The highest BCUT2D eigenvalue weighted by molar-refractivity contribution is 7.11.